The SMILES string of the molecule is CCc1ccc([I+]c2ccc(CC)cc2)cc1.Cc1ccc(S(=O)(=O)[O-])cc1. The normalized spacial score (nSPS) is 10.9. The van der Waals surface area contributed by atoms with E-state index < -0.39 is 10.1 Å². The van der Waals surface area contributed by atoms with Crippen LogP contribution in [0.1, 0.15) is 30.5 Å². The smallest absolute Gasteiger partial charge is 0.357 e. The molecule has 0 aliphatic carbocycles. The number of hydrogen-bond donors (Lipinski definition) is 0. The van der Waals surface area contributed by atoms with E-state index >= 15 is 0 Å². The zero-order valence-corrected chi connectivity index (χ0v) is 19.3. The van der Waals surface area contributed by atoms with E-state index in [1.54, 1.807) is 12.1 Å². The molecular formula is C23H25IO3S. The van der Waals surface area contributed by atoms with Crippen molar-refractivity contribution in [3.05, 3.63) is 96.6 Å². The summed E-state index contributed by atoms with van der Waals surface area (Å²) < 4.78 is 34.2. The summed E-state index contributed by atoms with van der Waals surface area (Å²) in [7, 11) is -4.27. The predicted octanol–water partition coefficient (Wildman–Crippen LogP) is 1.84. The number of hydrogen-bond acceptors (Lipinski definition) is 3. The number of aryl methyl sites for hydroxylation is 3. The van der Waals surface area contributed by atoms with Crippen LogP contribution < -0.4 is 21.2 Å². The van der Waals surface area contributed by atoms with Gasteiger partial charge in [-0.15, -0.1) is 0 Å². The van der Waals surface area contributed by atoms with Crippen molar-refractivity contribution in [1.29, 1.82) is 0 Å². The van der Waals surface area contributed by atoms with Gasteiger partial charge in [-0.1, -0.05) is 55.8 Å². The lowest BCUT2D eigenvalue weighted by Crippen LogP contribution is -3.61. The predicted molar refractivity (Wildman–Crippen MR) is 108 cm³/mol. The molecule has 0 spiro atoms. The van der Waals surface area contributed by atoms with Gasteiger partial charge in [0.25, 0.3) is 0 Å². The van der Waals surface area contributed by atoms with Crippen molar-refractivity contribution in [2.45, 2.75) is 38.5 Å². The molecule has 3 aromatic carbocycles. The third-order valence-electron chi connectivity index (χ3n) is 4.17. The Bertz CT molecular complexity index is 916. The molecule has 0 aliphatic heterocycles. The molecule has 28 heavy (non-hydrogen) atoms. The summed E-state index contributed by atoms with van der Waals surface area (Å²) >= 11 is -0.00746. The molecule has 0 atom stereocenters. The molecule has 0 aliphatic rings. The summed E-state index contributed by atoms with van der Waals surface area (Å²) in [5, 5.41) is 0. The second-order valence-electron chi connectivity index (χ2n) is 6.32. The maximum atomic E-state index is 10.4. The van der Waals surface area contributed by atoms with Crippen molar-refractivity contribution in [2.75, 3.05) is 0 Å². The van der Waals surface area contributed by atoms with E-state index in [2.05, 4.69) is 62.4 Å². The molecule has 0 unspecified atom stereocenters. The lowest BCUT2D eigenvalue weighted by Gasteiger charge is -2.05. The minimum Gasteiger partial charge on any atom is -0.744 e. The van der Waals surface area contributed by atoms with Crippen molar-refractivity contribution in [2.24, 2.45) is 0 Å². The highest BCUT2D eigenvalue weighted by atomic mass is 127. The topological polar surface area (TPSA) is 57.2 Å². The fourth-order valence-electron chi connectivity index (χ4n) is 2.40. The lowest BCUT2D eigenvalue weighted by atomic mass is 10.2. The largest absolute Gasteiger partial charge is 0.744 e. The highest BCUT2D eigenvalue weighted by Crippen LogP contribution is 2.08. The van der Waals surface area contributed by atoms with Gasteiger partial charge in [-0.2, -0.15) is 0 Å². The van der Waals surface area contributed by atoms with Crippen LogP contribution in [0.2, 0.25) is 0 Å². The summed E-state index contributed by atoms with van der Waals surface area (Å²) in [6.07, 6.45) is 2.26. The van der Waals surface area contributed by atoms with E-state index in [1.807, 2.05) is 6.92 Å². The molecule has 3 aromatic rings. The van der Waals surface area contributed by atoms with Crippen LogP contribution in [0.5, 0.6) is 0 Å². The highest BCUT2D eigenvalue weighted by Gasteiger charge is 2.14. The van der Waals surface area contributed by atoms with Crippen molar-refractivity contribution < 1.29 is 34.2 Å². The molecule has 0 N–H and O–H groups in total. The van der Waals surface area contributed by atoms with Crippen molar-refractivity contribution in [3.63, 3.8) is 0 Å². The van der Waals surface area contributed by atoms with Gasteiger partial charge in [0.15, 0.2) is 7.14 Å². The van der Waals surface area contributed by atoms with Gasteiger partial charge in [-0.25, -0.2) is 8.42 Å². The summed E-state index contributed by atoms with van der Waals surface area (Å²) in [5.74, 6) is 0. The first-order chi connectivity index (χ1) is 13.3. The van der Waals surface area contributed by atoms with Gasteiger partial charge in [0.2, 0.25) is 0 Å². The molecule has 0 saturated carbocycles. The molecular weight excluding hydrogens is 483 g/mol. The molecule has 0 fully saturated rings. The Morgan fingerprint density at radius 2 is 1.11 bits per heavy atom. The monoisotopic (exact) mass is 508 g/mol. The quantitative estimate of drug-likeness (QED) is 0.391. The van der Waals surface area contributed by atoms with Gasteiger partial charge >= 0.3 is 21.2 Å². The van der Waals surface area contributed by atoms with Crippen LogP contribution in [0, 0.1) is 14.1 Å². The fraction of sp³-hybridized carbons (Fsp3) is 0.217. The van der Waals surface area contributed by atoms with Crippen molar-refractivity contribution in [3.8, 4) is 0 Å². The van der Waals surface area contributed by atoms with Crippen LogP contribution in [0.3, 0.4) is 0 Å². The third kappa shape index (κ3) is 7.37. The Balaban J connectivity index is 0.000000221. The fourth-order valence-corrected chi connectivity index (χ4v) is 5.02. The first-order valence-electron chi connectivity index (χ1n) is 9.17. The van der Waals surface area contributed by atoms with Crippen molar-refractivity contribution >= 4 is 10.1 Å². The Kier molecular flexibility index (Phi) is 8.66. The van der Waals surface area contributed by atoms with Gasteiger partial charge in [-0.3, -0.25) is 0 Å². The van der Waals surface area contributed by atoms with Gasteiger partial charge in [0.1, 0.15) is 10.1 Å². The summed E-state index contributed by atoms with van der Waals surface area (Å²) in [6, 6.07) is 24.0. The standard InChI is InChI=1S/C16H18I.C7H8O3S/c1-3-13-5-9-15(10-6-13)17-16-11-7-14(4-2)8-12-16;1-6-2-4-7(5-3-6)11(8,9)10/h5-12H,3-4H2,1-2H3;2-5H,1H3,(H,8,9,10)/q+1;/p-1. The van der Waals surface area contributed by atoms with Crippen LogP contribution in [0.4, 0.5) is 0 Å². The third-order valence-corrected chi connectivity index (χ3v) is 7.70. The minimum atomic E-state index is -4.27. The van der Waals surface area contributed by atoms with Crippen LogP contribution in [0.25, 0.3) is 0 Å². The summed E-state index contributed by atoms with van der Waals surface area (Å²) in [6.45, 7) is 6.22. The van der Waals surface area contributed by atoms with E-state index in [1.165, 1.54) is 30.4 Å². The molecule has 0 heterocycles. The number of rotatable bonds is 5. The second-order valence-corrected chi connectivity index (χ2v) is 10.7. The molecule has 0 radical (unpaired) electrons. The van der Waals surface area contributed by atoms with Gasteiger partial charge in [0, 0.05) is 0 Å². The summed E-state index contributed by atoms with van der Waals surface area (Å²) in [4.78, 5) is -0.178. The molecule has 0 saturated heterocycles. The van der Waals surface area contributed by atoms with E-state index in [0.717, 1.165) is 18.4 Å². The molecule has 3 rings (SSSR count). The Morgan fingerprint density at radius 3 is 1.43 bits per heavy atom. The molecule has 0 aromatic heterocycles. The molecule has 0 amide bonds. The average Bonchev–Trinajstić information content (AvgIpc) is 2.69. The van der Waals surface area contributed by atoms with Gasteiger partial charge < -0.3 is 4.55 Å². The number of benzene rings is 3. The molecule has 3 nitrogen and oxygen atoms in total. The Labute approximate surface area is 178 Å². The highest BCUT2D eigenvalue weighted by molar-refractivity contribution is 7.85. The summed E-state index contributed by atoms with van der Waals surface area (Å²) in [5.41, 5.74) is 3.79. The lowest BCUT2D eigenvalue weighted by molar-refractivity contribution is -0.597. The second kappa shape index (κ2) is 10.7. The van der Waals surface area contributed by atoms with E-state index in [4.69, 9.17) is 0 Å². The van der Waals surface area contributed by atoms with E-state index in [-0.39, 0.29) is 26.1 Å². The van der Waals surface area contributed by atoms with E-state index in [0.29, 0.717) is 0 Å². The van der Waals surface area contributed by atoms with Crippen LogP contribution in [-0.2, 0) is 23.0 Å². The maximum absolute atomic E-state index is 10.4. The maximum Gasteiger partial charge on any atom is 0.357 e. The van der Waals surface area contributed by atoms with Gasteiger partial charge in [-0.05, 0) is 67.3 Å². The molecule has 148 valence electrons. The first kappa shape index (κ1) is 22.6. The van der Waals surface area contributed by atoms with Crippen LogP contribution in [-0.4, -0.2) is 13.0 Å². The molecule has 0 bridgehead atoms. The first-order valence-corrected chi connectivity index (χ1v) is 12.7. The Morgan fingerprint density at radius 1 is 0.714 bits per heavy atom. The molecule has 5 heteroatoms. The number of halogens is 1. The van der Waals surface area contributed by atoms with Crippen LogP contribution in [0.15, 0.2) is 77.7 Å². The zero-order valence-electron chi connectivity index (χ0n) is 16.4. The van der Waals surface area contributed by atoms with Crippen molar-refractivity contribution in [1.82, 2.24) is 0 Å². The zero-order chi connectivity index (χ0) is 20.6. The van der Waals surface area contributed by atoms with Gasteiger partial charge in [0.05, 0.1) is 4.90 Å². The Hall–Kier alpha value is -1.70. The van der Waals surface area contributed by atoms with Crippen LogP contribution >= 0.6 is 0 Å². The van der Waals surface area contributed by atoms with E-state index in [9.17, 15) is 13.0 Å². The average molecular weight is 508 g/mol. The minimum absolute atomic E-state index is 0.00746.